The van der Waals surface area contributed by atoms with E-state index >= 15 is 0 Å². The van der Waals surface area contributed by atoms with Gasteiger partial charge in [-0.2, -0.15) is 0 Å². The fraction of sp³-hybridized carbons (Fsp3) is 0.130. The zero-order chi connectivity index (χ0) is 19.5. The van der Waals surface area contributed by atoms with Gasteiger partial charge in [0.15, 0.2) is 0 Å². The summed E-state index contributed by atoms with van der Waals surface area (Å²) in [6.07, 6.45) is -0.449. The Morgan fingerprint density at radius 1 is 1.00 bits per heavy atom. The van der Waals surface area contributed by atoms with E-state index < -0.39 is 6.16 Å². The lowest BCUT2D eigenvalue weighted by molar-refractivity contribution is 0.144. The monoisotopic (exact) mass is 372 g/mol. The molecule has 0 aliphatic heterocycles. The minimum Gasteiger partial charge on any atom is -0.449 e. The van der Waals surface area contributed by atoms with Crippen molar-refractivity contribution in [3.8, 4) is 16.9 Å². The number of benzene rings is 3. The number of imidazole rings is 1. The Balaban J connectivity index is 1.65. The third-order valence-electron chi connectivity index (χ3n) is 4.74. The molecule has 1 aromatic heterocycles. The summed E-state index contributed by atoms with van der Waals surface area (Å²) in [6, 6.07) is 23.4. The average molecular weight is 372 g/mol. The lowest BCUT2D eigenvalue weighted by Crippen LogP contribution is -2.05. The standard InChI is InChI=1S/C23H20N2O3/c1-2-22-24-19-8-4-5-9-20(19)25(22)15-16-11-13-17(14-12-16)18-7-3-6-10-21(18)28-23(26)27/h3-14H,2,15H2,1H3,(H,26,27). The minimum absolute atomic E-state index is 0.330. The number of aryl methyl sites for hydroxylation is 1. The van der Waals surface area contributed by atoms with E-state index in [1.54, 1.807) is 12.1 Å². The maximum atomic E-state index is 10.9. The van der Waals surface area contributed by atoms with Gasteiger partial charge in [0.25, 0.3) is 0 Å². The Kier molecular flexibility index (Phi) is 4.81. The van der Waals surface area contributed by atoms with Crippen molar-refractivity contribution in [1.29, 1.82) is 0 Å². The summed E-state index contributed by atoms with van der Waals surface area (Å²) >= 11 is 0. The van der Waals surface area contributed by atoms with Crippen molar-refractivity contribution in [2.45, 2.75) is 19.9 Å². The van der Waals surface area contributed by atoms with E-state index in [4.69, 9.17) is 14.8 Å². The summed E-state index contributed by atoms with van der Waals surface area (Å²) < 4.78 is 7.14. The highest BCUT2D eigenvalue weighted by Gasteiger charge is 2.11. The number of fused-ring (bicyclic) bond motifs is 1. The molecule has 0 aliphatic carbocycles. The molecule has 140 valence electrons. The van der Waals surface area contributed by atoms with E-state index in [-0.39, 0.29) is 0 Å². The van der Waals surface area contributed by atoms with Gasteiger partial charge in [0.2, 0.25) is 0 Å². The van der Waals surface area contributed by atoms with Crippen LogP contribution >= 0.6 is 0 Å². The first-order chi connectivity index (χ1) is 13.7. The van der Waals surface area contributed by atoms with Crippen LogP contribution in [0.5, 0.6) is 5.75 Å². The predicted molar refractivity (Wildman–Crippen MR) is 109 cm³/mol. The molecule has 0 saturated heterocycles. The summed E-state index contributed by atoms with van der Waals surface area (Å²) in [6.45, 7) is 2.84. The SMILES string of the molecule is CCc1nc2ccccc2n1Cc1ccc(-c2ccccc2OC(=O)O)cc1. The van der Waals surface area contributed by atoms with Crippen molar-refractivity contribution in [2.24, 2.45) is 0 Å². The Hall–Kier alpha value is -3.60. The number of hydrogen-bond donors (Lipinski definition) is 1. The molecule has 0 radical (unpaired) electrons. The van der Waals surface area contributed by atoms with Crippen molar-refractivity contribution in [3.63, 3.8) is 0 Å². The summed E-state index contributed by atoms with van der Waals surface area (Å²) in [5.74, 6) is 1.39. The van der Waals surface area contributed by atoms with Crippen LogP contribution in [0.25, 0.3) is 22.2 Å². The number of hydrogen-bond acceptors (Lipinski definition) is 3. The fourth-order valence-electron chi connectivity index (χ4n) is 3.43. The van der Waals surface area contributed by atoms with E-state index in [9.17, 15) is 4.79 Å². The van der Waals surface area contributed by atoms with E-state index in [2.05, 4.69) is 29.7 Å². The van der Waals surface area contributed by atoms with Crippen molar-refractivity contribution in [3.05, 3.63) is 84.2 Å². The smallest absolute Gasteiger partial charge is 0.449 e. The predicted octanol–water partition coefficient (Wildman–Crippen LogP) is 5.37. The Labute approximate surface area is 162 Å². The van der Waals surface area contributed by atoms with Crippen LogP contribution in [0.3, 0.4) is 0 Å². The van der Waals surface area contributed by atoms with Gasteiger partial charge in [0, 0.05) is 18.5 Å². The third-order valence-corrected chi connectivity index (χ3v) is 4.74. The number of rotatable bonds is 5. The lowest BCUT2D eigenvalue weighted by Gasteiger charge is -2.11. The zero-order valence-electron chi connectivity index (χ0n) is 15.5. The Morgan fingerprint density at radius 2 is 1.71 bits per heavy atom. The maximum Gasteiger partial charge on any atom is 0.511 e. The first-order valence-corrected chi connectivity index (χ1v) is 9.19. The van der Waals surface area contributed by atoms with Gasteiger partial charge in [-0.3, -0.25) is 0 Å². The minimum atomic E-state index is -1.32. The van der Waals surface area contributed by atoms with Gasteiger partial charge in [-0.1, -0.05) is 61.5 Å². The van der Waals surface area contributed by atoms with Gasteiger partial charge in [-0.15, -0.1) is 0 Å². The highest BCUT2D eigenvalue weighted by atomic mass is 16.7. The number of aromatic nitrogens is 2. The molecule has 4 rings (SSSR count). The second kappa shape index (κ2) is 7.56. The molecule has 28 heavy (non-hydrogen) atoms. The molecule has 0 amide bonds. The number of nitrogens with zero attached hydrogens (tertiary/aromatic N) is 2. The van der Waals surface area contributed by atoms with Gasteiger partial charge < -0.3 is 14.4 Å². The molecule has 0 aliphatic rings. The van der Waals surface area contributed by atoms with Gasteiger partial charge in [0.1, 0.15) is 11.6 Å². The van der Waals surface area contributed by atoms with Crippen molar-refractivity contribution in [2.75, 3.05) is 0 Å². The normalized spacial score (nSPS) is 10.9. The van der Waals surface area contributed by atoms with Crippen LogP contribution in [0.1, 0.15) is 18.3 Å². The van der Waals surface area contributed by atoms with E-state index in [0.717, 1.165) is 46.5 Å². The third kappa shape index (κ3) is 3.47. The fourth-order valence-corrected chi connectivity index (χ4v) is 3.43. The van der Waals surface area contributed by atoms with Gasteiger partial charge in [-0.05, 0) is 29.3 Å². The van der Waals surface area contributed by atoms with Crippen LogP contribution < -0.4 is 4.74 Å². The first-order valence-electron chi connectivity index (χ1n) is 9.19. The number of ether oxygens (including phenoxy) is 1. The molecule has 0 spiro atoms. The summed E-state index contributed by atoms with van der Waals surface area (Å²) in [5, 5.41) is 8.93. The van der Waals surface area contributed by atoms with Gasteiger partial charge >= 0.3 is 6.16 Å². The van der Waals surface area contributed by atoms with Crippen molar-refractivity contribution >= 4 is 17.2 Å². The maximum absolute atomic E-state index is 10.9. The average Bonchev–Trinajstić information content (AvgIpc) is 3.06. The molecular weight excluding hydrogens is 352 g/mol. The molecular formula is C23H20N2O3. The Bertz CT molecular complexity index is 1130. The van der Waals surface area contributed by atoms with Crippen LogP contribution in [-0.2, 0) is 13.0 Å². The summed E-state index contributed by atoms with van der Waals surface area (Å²) in [5.41, 5.74) is 4.95. The largest absolute Gasteiger partial charge is 0.511 e. The molecule has 1 N–H and O–H groups in total. The van der Waals surface area contributed by atoms with Crippen LogP contribution in [0, 0.1) is 0 Å². The molecule has 5 nitrogen and oxygen atoms in total. The topological polar surface area (TPSA) is 64.4 Å². The van der Waals surface area contributed by atoms with E-state index in [1.165, 1.54) is 0 Å². The highest BCUT2D eigenvalue weighted by molar-refractivity contribution is 5.76. The molecule has 4 aromatic rings. The molecule has 1 heterocycles. The molecule has 0 fully saturated rings. The van der Waals surface area contributed by atoms with Crippen molar-refractivity contribution in [1.82, 2.24) is 9.55 Å². The zero-order valence-corrected chi connectivity index (χ0v) is 15.5. The highest BCUT2D eigenvalue weighted by Crippen LogP contribution is 2.30. The number of carbonyl (C=O) groups is 1. The van der Waals surface area contributed by atoms with Gasteiger partial charge in [0.05, 0.1) is 11.0 Å². The number of carboxylic acid groups (broad SMARTS) is 1. The van der Waals surface area contributed by atoms with Crippen LogP contribution in [0.4, 0.5) is 4.79 Å². The van der Waals surface area contributed by atoms with Crippen LogP contribution in [0.2, 0.25) is 0 Å². The van der Waals surface area contributed by atoms with Crippen LogP contribution in [0.15, 0.2) is 72.8 Å². The first kappa shape index (κ1) is 17.8. The molecule has 0 saturated carbocycles. The second-order valence-electron chi connectivity index (χ2n) is 6.52. The second-order valence-corrected chi connectivity index (χ2v) is 6.52. The number of para-hydroxylation sites is 3. The quantitative estimate of drug-likeness (QED) is 0.378. The lowest BCUT2D eigenvalue weighted by atomic mass is 10.0. The molecule has 0 atom stereocenters. The van der Waals surface area contributed by atoms with Crippen LogP contribution in [-0.4, -0.2) is 20.8 Å². The van der Waals surface area contributed by atoms with Gasteiger partial charge in [-0.25, -0.2) is 9.78 Å². The molecule has 3 aromatic carbocycles. The summed E-state index contributed by atoms with van der Waals surface area (Å²) in [7, 11) is 0. The van der Waals surface area contributed by atoms with E-state index in [1.807, 2.05) is 42.5 Å². The van der Waals surface area contributed by atoms with Crippen molar-refractivity contribution < 1.29 is 14.6 Å². The molecule has 5 heteroatoms. The van der Waals surface area contributed by atoms with E-state index in [0.29, 0.717) is 5.75 Å². The summed E-state index contributed by atoms with van der Waals surface area (Å²) in [4.78, 5) is 15.6. The Morgan fingerprint density at radius 3 is 2.46 bits per heavy atom. The molecule has 0 bridgehead atoms. The molecule has 0 unspecified atom stereocenters.